The molecule has 45 heavy (non-hydrogen) atoms. The van der Waals surface area contributed by atoms with Crippen molar-refractivity contribution >= 4 is 27.5 Å². The Hall–Kier alpha value is -4.27. The Balaban J connectivity index is 1.32. The van der Waals surface area contributed by atoms with Crippen molar-refractivity contribution in [3.8, 4) is 41.2 Å². The maximum atomic E-state index is 17.0. The second-order valence-corrected chi connectivity index (χ2v) is 12.7. The van der Waals surface area contributed by atoms with Crippen LogP contribution in [0.3, 0.4) is 0 Å². The van der Waals surface area contributed by atoms with E-state index in [1.54, 1.807) is 18.2 Å². The minimum Gasteiger partial charge on any atom is -0.508 e. The van der Waals surface area contributed by atoms with E-state index in [9.17, 15) is 9.50 Å². The molecule has 232 valence electrons. The maximum Gasteiger partial charge on any atom is 0.319 e. The summed E-state index contributed by atoms with van der Waals surface area (Å²) in [5.41, 5.74) is 0.416. The molecule has 0 amide bonds. The fourth-order valence-corrected chi connectivity index (χ4v) is 7.75. The standard InChI is InChI=1S/C34H34F2N6O3/c1-3-19-7-5-8-20-11-24(43)12-25(26(19)20)29-28(36)30-27-31(42-16-22(4-2)37-14-23(42)17-44-32(27)38-29)40-33(39-30)45-18-34-9-6-10-41(34)15-21(35)13-34/h1,5,7-8,11-12,21-23,37,43H,4,6,9-10,13-18H2,2H3/t21-,22?,23-,34+/m1/s1. The molecule has 11 heteroatoms. The number of piperazine rings is 1. The normalized spacial score (nSPS) is 25.9. The number of pyridine rings is 1. The van der Waals surface area contributed by atoms with Crippen molar-refractivity contribution < 1.29 is 23.4 Å². The molecule has 0 radical (unpaired) electrons. The number of ether oxygens (including phenoxy) is 2. The summed E-state index contributed by atoms with van der Waals surface area (Å²) in [6.07, 6.45) is 8.05. The van der Waals surface area contributed by atoms with Crippen molar-refractivity contribution in [2.24, 2.45) is 0 Å². The molecule has 0 saturated carbocycles. The van der Waals surface area contributed by atoms with Crippen LogP contribution in [0.25, 0.3) is 32.9 Å². The summed E-state index contributed by atoms with van der Waals surface area (Å²) in [6, 6.07) is 8.57. The van der Waals surface area contributed by atoms with Gasteiger partial charge in [-0.05, 0) is 49.4 Å². The van der Waals surface area contributed by atoms with Gasteiger partial charge in [-0.2, -0.15) is 9.97 Å². The number of nitrogens with one attached hydrogen (secondary N) is 1. The average Bonchev–Trinajstić information content (AvgIpc) is 3.52. The first kappa shape index (κ1) is 28.2. The van der Waals surface area contributed by atoms with Gasteiger partial charge in [-0.25, -0.2) is 13.8 Å². The molecule has 2 aromatic heterocycles. The molecular formula is C34H34F2N6O3. The highest BCUT2D eigenvalue weighted by atomic mass is 19.1. The summed E-state index contributed by atoms with van der Waals surface area (Å²) in [4.78, 5) is 18.5. The lowest BCUT2D eigenvalue weighted by atomic mass is 9.95. The summed E-state index contributed by atoms with van der Waals surface area (Å²) in [7, 11) is 0. The summed E-state index contributed by atoms with van der Waals surface area (Å²) in [5, 5.41) is 15.8. The quantitative estimate of drug-likeness (QED) is 0.314. The predicted octanol–water partition coefficient (Wildman–Crippen LogP) is 4.58. The number of halogens is 2. The minimum atomic E-state index is -0.903. The van der Waals surface area contributed by atoms with Crippen LogP contribution in [0.4, 0.5) is 14.6 Å². The number of alkyl halides is 1. The van der Waals surface area contributed by atoms with Gasteiger partial charge in [0.25, 0.3) is 0 Å². The molecule has 4 atom stereocenters. The Morgan fingerprint density at radius 1 is 1.22 bits per heavy atom. The van der Waals surface area contributed by atoms with E-state index < -0.39 is 17.5 Å². The van der Waals surface area contributed by atoms with E-state index in [1.807, 2.05) is 6.07 Å². The number of rotatable bonds is 5. The van der Waals surface area contributed by atoms with Gasteiger partial charge in [-0.15, -0.1) is 6.42 Å². The van der Waals surface area contributed by atoms with Crippen LogP contribution in [-0.4, -0.2) is 88.1 Å². The molecule has 6 heterocycles. The largest absolute Gasteiger partial charge is 0.508 e. The Labute approximate surface area is 259 Å². The van der Waals surface area contributed by atoms with Crippen molar-refractivity contribution in [3.05, 3.63) is 41.7 Å². The zero-order valence-corrected chi connectivity index (χ0v) is 25.0. The average molecular weight is 613 g/mol. The van der Waals surface area contributed by atoms with Gasteiger partial charge < -0.3 is 24.8 Å². The van der Waals surface area contributed by atoms with Crippen LogP contribution in [0.1, 0.15) is 38.2 Å². The molecule has 0 bridgehead atoms. The van der Waals surface area contributed by atoms with Crippen LogP contribution in [0.5, 0.6) is 17.6 Å². The SMILES string of the molecule is C#Cc1cccc2cc(O)cc(-c3nc4c5c(nc(OC[C@@]67CCCN6C[C@H](F)C7)nc5c3F)N3CC(CC)NC[C@@H]3CO4)c12. The Morgan fingerprint density at radius 2 is 2.11 bits per heavy atom. The third-order valence-electron chi connectivity index (χ3n) is 9.99. The van der Waals surface area contributed by atoms with Gasteiger partial charge in [-0.3, -0.25) is 4.90 Å². The molecule has 4 aliphatic rings. The monoisotopic (exact) mass is 612 g/mol. The number of anilines is 1. The van der Waals surface area contributed by atoms with E-state index >= 15 is 4.39 Å². The first-order valence-electron chi connectivity index (χ1n) is 15.7. The summed E-state index contributed by atoms with van der Waals surface area (Å²) in [5.74, 6) is 2.64. The second kappa shape index (κ2) is 10.7. The number of aromatic hydroxyl groups is 1. The Kier molecular flexibility index (Phi) is 6.69. The number of phenols is 1. The number of benzene rings is 2. The second-order valence-electron chi connectivity index (χ2n) is 12.7. The van der Waals surface area contributed by atoms with Crippen LogP contribution in [0, 0.1) is 18.2 Å². The zero-order valence-electron chi connectivity index (χ0n) is 25.0. The highest BCUT2D eigenvalue weighted by Gasteiger charge is 2.49. The molecule has 1 unspecified atom stereocenters. The van der Waals surface area contributed by atoms with E-state index in [0.29, 0.717) is 65.8 Å². The molecule has 4 aliphatic heterocycles. The minimum absolute atomic E-state index is 0.00693. The fourth-order valence-electron chi connectivity index (χ4n) is 7.75. The molecule has 4 aromatic rings. The lowest BCUT2D eigenvalue weighted by Crippen LogP contribution is -2.58. The van der Waals surface area contributed by atoms with Gasteiger partial charge in [0.2, 0.25) is 5.88 Å². The number of fused-ring (bicyclic) bond motifs is 4. The fraction of sp³-hybridized carbons (Fsp3) is 0.441. The number of nitrogens with zero attached hydrogens (tertiary/aromatic N) is 5. The summed E-state index contributed by atoms with van der Waals surface area (Å²) < 4.78 is 44.1. The third-order valence-corrected chi connectivity index (χ3v) is 9.99. The number of aromatic nitrogens is 3. The van der Waals surface area contributed by atoms with E-state index in [0.717, 1.165) is 25.8 Å². The highest BCUT2D eigenvalue weighted by molar-refractivity contribution is 6.04. The van der Waals surface area contributed by atoms with Crippen LogP contribution in [0.15, 0.2) is 30.3 Å². The van der Waals surface area contributed by atoms with Gasteiger partial charge in [-0.1, -0.05) is 25.0 Å². The van der Waals surface area contributed by atoms with Crippen molar-refractivity contribution in [3.63, 3.8) is 0 Å². The van der Waals surface area contributed by atoms with Crippen molar-refractivity contribution in [2.75, 3.05) is 44.3 Å². The summed E-state index contributed by atoms with van der Waals surface area (Å²) in [6.45, 7) is 5.16. The lowest BCUT2D eigenvalue weighted by molar-refractivity contribution is 0.107. The number of terminal acetylenes is 1. The summed E-state index contributed by atoms with van der Waals surface area (Å²) >= 11 is 0. The molecular weight excluding hydrogens is 578 g/mol. The van der Waals surface area contributed by atoms with E-state index in [-0.39, 0.29) is 47.5 Å². The first-order valence-corrected chi connectivity index (χ1v) is 15.7. The lowest BCUT2D eigenvalue weighted by Gasteiger charge is -2.39. The van der Waals surface area contributed by atoms with Gasteiger partial charge in [0.05, 0.1) is 11.6 Å². The maximum absolute atomic E-state index is 17.0. The van der Waals surface area contributed by atoms with E-state index in [1.165, 1.54) is 6.07 Å². The molecule has 8 rings (SSSR count). The first-order chi connectivity index (χ1) is 21.9. The Bertz CT molecular complexity index is 1880. The molecule has 9 nitrogen and oxygen atoms in total. The van der Waals surface area contributed by atoms with E-state index in [2.05, 4.69) is 32.9 Å². The molecule has 2 aromatic carbocycles. The molecule has 3 saturated heterocycles. The van der Waals surface area contributed by atoms with Gasteiger partial charge >= 0.3 is 6.01 Å². The number of phenolic OH excluding ortho intramolecular Hbond substituents is 1. The molecule has 0 spiro atoms. The van der Waals surface area contributed by atoms with Crippen LogP contribution < -0.4 is 19.7 Å². The number of hydrogen-bond donors (Lipinski definition) is 2. The molecule has 0 aliphatic carbocycles. The predicted molar refractivity (Wildman–Crippen MR) is 167 cm³/mol. The van der Waals surface area contributed by atoms with Crippen molar-refractivity contribution in [1.82, 2.24) is 25.2 Å². The third kappa shape index (κ3) is 4.53. The molecule has 3 fully saturated rings. The van der Waals surface area contributed by atoms with Gasteiger partial charge in [0.15, 0.2) is 5.82 Å². The topological polar surface area (TPSA) is 95.9 Å². The van der Waals surface area contributed by atoms with Crippen LogP contribution >= 0.6 is 0 Å². The van der Waals surface area contributed by atoms with E-state index in [4.69, 9.17) is 25.9 Å². The molecule has 2 N–H and O–H groups in total. The van der Waals surface area contributed by atoms with Gasteiger partial charge in [0, 0.05) is 48.6 Å². The highest BCUT2D eigenvalue weighted by Crippen LogP contribution is 2.44. The Morgan fingerprint density at radius 3 is 2.96 bits per heavy atom. The number of hydrogen-bond acceptors (Lipinski definition) is 9. The van der Waals surface area contributed by atoms with Crippen LogP contribution in [0.2, 0.25) is 0 Å². The van der Waals surface area contributed by atoms with Gasteiger partial charge in [0.1, 0.15) is 47.5 Å². The van der Waals surface area contributed by atoms with Crippen LogP contribution in [-0.2, 0) is 0 Å². The smallest absolute Gasteiger partial charge is 0.319 e. The van der Waals surface area contributed by atoms with Crippen molar-refractivity contribution in [1.29, 1.82) is 0 Å². The zero-order chi connectivity index (χ0) is 30.9. The van der Waals surface area contributed by atoms with Crippen molar-refractivity contribution in [2.45, 2.75) is 56.4 Å².